The highest BCUT2D eigenvalue weighted by Crippen LogP contribution is 2.25. The SMILES string of the molecule is O=C(Nc1ccnc(N2CCc3ccccc3C2)c1)C1CCc2nnnn2CC1. The molecule has 1 amide bonds. The minimum absolute atomic E-state index is 0.0462. The average molecular weight is 389 g/mol. The van der Waals surface area contributed by atoms with Crippen LogP contribution in [0.4, 0.5) is 11.5 Å². The second kappa shape index (κ2) is 7.62. The molecule has 0 radical (unpaired) electrons. The van der Waals surface area contributed by atoms with Gasteiger partial charge in [0.15, 0.2) is 5.82 Å². The van der Waals surface area contributed by atoms with Crippen molar-refractivity contribution in [3.05, 3.63) is 59.5 Å². The zero-order chi connectivity index (χ0) is 19.6. The van der Waals surface area contributed by atoms with E-state index in [9.17, 15) is 4.79 Å². The molecule has 0 saturated heterocycles. The molecule has 1 unspecified atom stereocenters. The highest BCUT2D eigenvalue weighted by atomic mass is 16.1. The van der Waals surface area contributed by atoms with Gasteiger partial charge in [0, 0.05) is 49.9 Å². The van der Waals surface area contributed by atoms with Gasteiger partial charge in [-0.3, -0.25) is 4.79 Å². The van der Waals surface area contributed by atoms with Crippen molar-refractivity contribution in [1.82, 2.24) is 25.2 Å². The number of benzene rings is 1. The number of tetrazole rings is 1. The molecule has 3 aromatic rings. The molecule has 4 heterocycles. The fourth-order valence-corrected chi connectivity index (χ4v) is 4.17. The quantitative estimate of drug-likeness (QED) is 0.739. The summed E-state index contributed by atoms with van der Waals surface area (Å²) >= 11 is 0. The number of hydrogen-bond donors (Lipinski definition) is 1. The van der Waals surface area contributed by atoms with Gasteiger partial charge in [-0.05, 0) is 46.9 Å². The van der Waals surface area contributed by atoms with Crippen LogP contribution in [0.5, 0.6) is 0 Å². The third-order valence-corrected chi connectivity index (χ3v) is 5.85. The second-order valence-electron chi connectivity index (χ2n) is 7.67. The topological polar surface area (TPSA) is 88.8 Å². The maximum absolute atomic E-state index is 12.8. The minimum Gasteiger partial charge on any atom is -0.352 e. The largest absolute Gasteiger partial charge is 0.352 e. The summed E-state index contributed by atoms with van der Waals surface area (Å²) in [7, 11) is 0. The van der Waals surface area contributed by atoms with Gasteiger partial charge in [0.2, 0.25) is 5.91 Å². The van der Waals surface area contributed by atoms with Gasteiger partial charge < -0.3 is 10.2 Å². The van der Waals surface area contributed by atoms with E-state index in [0.717, 1.165) is 56.1 Å². The Morgan fingerprint density at radius 2 is 1.97 bits per heavy atom. The van der Waals surface area contributed by atoms with E-state index in [0.29, 0.717) is 6.54 Å². The lowest BCUT2D eigenvalue weighted by atomic mass is 9.99. The average Bonchev–Trinajstić information content (AvgIpc) is 3.11. The summed E-state index contributed by atoms with van der Waals surface area (Å²) < 4.78 is 1.80. The molecular weight excluding hydrogens is 366 g/mol. The standard InChI is InChI=1S/C21H23N7O/c29-21(16-5-6-19-24-25-26-28(19)12-9-16)23-18-7-10-22-20(13-18)27-11-8-15-3-1-2-4-17(15)14-27/h1-4,7,10,13,16H,5-6,8-9,11-12,14H2,(H,22,23,29). The Labute approximate surface area is 168 Å². The van der Waals surface area contributed by atoms with Crippen LogP contribution in [-0.2, 0) is 30.7 Å². The molecule has 2 aromatic heterocycles. The van der Waals surface area contributed by atoms with Crippen molar-refractivity contribution in [1.29, 1.82) is 0 Å². The van der Waals surface area contributed by atoms with Crippen LogP contribution in [0.25, 0.3) is 0 Å². The first-order chi connectivity index (χ1) is 14.3. The lowest BCUT2D eigenvalue weighted by Gasteiger charge is -2.30. The summed E-state index contributed by atoms with van der Waals surface area (Å²) in [4.78, 5) is 19.6. The summed E-state index contributed by atoms with van der Waals surface area (Å²) in [6.45, 7) is 2.45. The number of pyridine rings is 1. The van der Waals surface area contributed by atoms with Crippen LogP contribution in [0.1, 0.15) is 29.8 Å². The normalized spacial score (nSPS) is 18.5. The number of carbonyl (C=O) groups excluding carboxylic acids is 1. The second-order valence-corrected chi connectivity index (χ2v) is 7.67. The Morgan fingerprint density at radius 3 is 2.90 bits per heavy atom. The predicted octanol–water partition coefficient (Wildman–Crippen LogP) is 2.22. The maximum Gasteiger partial charge on any atom is 0.227 e. The van der Waals surface area contributed by atoms with Gasteiger partial charge in [-0.15, -0.1) is 5.10 Å². The number of hydrogen-bond acceptors (Lipinski definition) is 6. The van der Waals surface area contributed by atoms with Crippen LogP contribution in [0.2, 0.25) is 0 Å². The van der Waals surface area contributed by atoms with E-state index in [2.05, 4.69) is 55.0 Å². The molecule has 0 fully saturated rings. The van der Waals surface area contributed by atoms with Crippen molar-refractivity contribution in [2.24, 2.45) is 5.92 Å². The molecule has 0 bridgehead atoms. The van der Waals surface area contributed by atoms with E-state index >= 15 is 0 Å². The van der Waals surface area contributed by atoms with Crippen LogP contribution >= 0.6 is 0 Å². The van der Waals surface area contributed by atoms with Gasteiger partial charge in [-0.1, -0.05) is 24.3 Å². The molecule has 1 atom stereocenters. The molecule has 1 aromatic carbocycles. The highest BCUT2D eigenvalue weighted by Gasteiger charge is 2.24. The Morgan fingerprint density at radius 1 is 1.07 bits per heavy atom. The molecule has 0 aliphatic carbocycles. The number of nitrogens with zero attached hydrogens (tertiary/aromatic N) is 6. The summed E-state index contributed by atoms with van der Waals surface area (Å²) in [5, 5.41) is 14.8. The van der Waals surface area contributed by atoms with Crippen molar-refractivity contribution in [3.63, 3.8) is 0 Å². The third kappa shape index (κ3) is 3.70. The number of aryl methyl sites for hydroxylation is 2. The van der Waals surface area contributed by atoms with Crippen molar-refractivity contribution < 1.29 is 4.79 Å². The highest BCUT2D eigenvalue weighted by molar-refractivity contribution is 5.92. The molecule has 5 rings (SSSR count). The van der Waals surface area contributed by atoms with Crippen molar-refractivity contribution in [2.45, 2.75) is 38.8 Å². The van der Waals surface area contributed by atoms with Gasteiger partial charge in [0.1, 0.15) is 5.82 Å². The first kappa shape index (κ1) is 17.8. The van der Waals surface area contributed by atoms with Gasteiger partial charge in [0.05, 0.1) is 0 Å². The maximum atomic E-state index is 12.8. The molecule has 8 heteroatoms. The molecule has 29 heavy (non-hydrogen) atoms. The fraction of sp³-hybridized carbons (Fsp3) is 0.381. The van der Waals surface area contributed by atoms with E-state index in [1.165, 1.54) is 11.1 Å². The zero-order valence-corrected chi connectivity index (χ0v) is 16.2. The Bertz CT molecular complexity index is 1010. The number of nitrogens with one attached hydrogen (secondary N) is 1. The van der Waals surface area contributed by atoms with Crippen molar-refractivity contribution >= 4 is 17.4 Å². The molecule has 148 valence electrons. The van der Waals surface area contributed by atoms with Crippen LogP contribution in [0, 0.1) is 5.92 Å². The van der Waals surface area contributed by atoms with E-state index in [4.69, 9.17) is 0 Å². The molecule has 1 N–H and O–H groups in total. The van der Waals surface area contributed by atoms with Gasteiger partial charge >= 0.3 is 0 Å². The number of fused-ring (bicyclic) bond motifs is 2. The molecule has 2 aliphatic rings. The fourth-order valence-electron chi connectivity index (χ4n) is 4.17. The first-order valence-corrected chi connectivity index (χ1v) is 10.1. The Balaban J connectivity index is 1.26. The van der Waals surface area contributed by atoms with E-state index in [1.807, 2.05) is 12.1 Å². The van der Waals surface area contributed by atoms with Crippen molar-refractivity contribution in [2.75, 3.05) is 16.8 Å². The monoisotopic (exact) mass is 389 g/mol. The first-order valence-electron chi connectivity index (χ1n) is 10.1. The van der Waals surface area contributed by atoms with E-state index < -0.39 is 0 Å². The molecule has 8 nitrogen and oxygen atoms in total. The Hall–Kier alpha value is -3.29. The number of amides is 1. The van der Waals surface area contributed by atoms with Gasteiger partial charge in [0.25, 0.3) is 0 Å². The number of carbonyl (C=O) groups is 1. The number of rotatable bonds is 3. The number of aromatic nitrogens is 5. The summed E-state index contributed by atoms with van der Waals surface area (Å²) in [6.07, 6.45) is 5.00. The van der Waals surface area contributed by atoms with Crippen LogP contribution in [0.3, 0.4) is 0 Å². The molecule has 2 aliphatic heterocycles. The third-order valence-electron chi connectivity index (χ3n) is 5.85. The molecule has 0 spiro atoms. The summed E-state index contributed by atoms with van der Waals surface area (Å²) in [6, 6.07) is 12.4. The van der Waals surface area contributed by atoms with Crippen LogP contribution < -0.4 is 10.2 Å². The summed E-state index contributed by atoms with van der Waals surface area (Å²) in [5.41, 5.74) is 3.54. The lowest BCUT2D eigenvalue weighted by Crippen LogP contribution is -2.31. The van der Waals surface area contributed by atoms with Gasteiger partial charge in [-0.2, -0.15) is 0 Å². The smallest absolute Gasteiger partial charge is 0.227 e. The van der Waals surface area contributed by atoms with E-state index in [1.54, 1.807) is 10.9 Å². The zero-order valence-electron chi connectivity index (χ0n) is 16.2. The number of anilines is 2. The predicted molar refractivity (Wildman–Crippen MR) is 108 cm³/mol. The van der Waals surface area contributed by atoms with Crippen LogP contribution in [-0.4, -0.2) is 37.6 Å². The van der Waals surface area contributed by atoms with E-state index in [-0.39, 0.29) is 11.8 Å². The van der Waals surface area contributed by atoms with Gasteiger partial charge in [-0.25, -0.2) is 9.67 Å². The molecular formula is C21H23N7O. The molecule has 0 saturated carbocycles. The van der Waals surface area contributed by atoms with Crippen LogP contribution in [0.15, 0.2) is 42.6 Å². The van der Waals surface area contributed by atoms with Crippen molar-refractivity contribution in [3.8, 4) is 0 Å². The summed E-state index contributed by atoms with van der Waals surface area (Å²) in [5.74, 6) is 1.74. The lowest BCUT2D eigenvalue weighted by molar-refractivity contribution is -0.120. The Kier molecular flexibility index (Phi) is 4.67. The minimum atomic E-state index is -0.0584.